The van der Waals surface area contributed by atoms with Crippen molar-refractivity contribution in [3.05, 3.63) is 0 Å². The number of rotatable bonds is 5. The second-order valence-electron chi connectivity index (χ2n) is 4.24. The lowest BCUT2D eigenvalue weighted by Gasteiger charge is -2.15. The fourth-order valence-corrected chi connectivity index (χ4v) is 2.62. The zero-order valence-electron chi connectivity index (χ0n) is 8.99. The third-order valence-electron chi connectivity index (χ3n) is 3.03. The van der Waals surface area contributed by atoms with Crippen molar-refractivity contribution in [1.82, 2.24) is 0 Å². The molecule has 2 fully saturated rings. The topological polar surface area (TPSA) is 27.7 Å². The lowest BCUT2D eigenvalue weighted by Crippen LogP contribution is -2.25. The Labute approximate surface area is 99.6 Å². The Hall–Kier alpha value is 0.360. The Kier molecular flexibility index (Phi) is 4.88. The van der Waals surface area contributed by atoms with Crippen LogP contribution in [0.15, 0.2) is 0 Å². The summed E-state index contributed by atoms with van der Waals surface area (Å²) in [4.78, 5) is 0.351. The third kappa shape index (κ3) is 3.70. The van der Waals surface area contributed by atoms with Gasteiger partial charge in [0.05, 0.1) is 43.5 Å². The van der Waals surface area contributed by atoms with Crippen LogP contribution in [-0.4, -0.2) is 43.5 Å². The minimum Gasteiger partial charge on any atom is -0.377 e. The highest BCUT2D eigenvalue weighted by Gasteiger charge is 2.26. The van der Waals surface area contributed by atoms with Gasteiger partial charge in [0.15, 0.2) is 0 Å². The van der Waals surface area contributed by atoms with E-state index in [1.807, 2.05) is 0 Å². The summed E-state index contributed by atoms with van der Waals surface area (Å²) in [5, 5.41) is 0. The average Bonchev–Trinajstić information content (AvgIpc) is 2.85. The van der Waals surface area contributed by atoms with Crippen molar-refractivity contribution >= 4 is 15.9 Å². The number of halogens is 1. The summed E-state index contributed by atoms with van der Waals surface area (Å²) in [7, 11) is 0. The van der Waals surface area contributed by atoms with Gasteiger partial charge >= 0.3 is 0 Å². The van der Waals surface area contributed by atoms with E-state index in [4.69, 9.17) is 14.2 Å². The smallest absolute Gasteiger partial charge is 0.0956 e. The predicted molar refractivity (Wildman–Crippen MR) is 61.5 cm³/mol. The van der Waals surface area contributed by atoms with Gasteiger partial charge in [-0.1, -0.05) is 28.8 Å². The van der Waals surface area contributed by atoms with Crippen LogP contribution in [0.2, 0.25) is 0 Å². The summed E-state index contributed by atoms with van der Waals surface area (Å²) in [6.45, 7) is 2.88. The van der Waals surface area contributed by atoms with E-state index in [1.54, 1.807) is 0 Å². The van der Waals surface area contributed by atoms with E-state index in [2.05, 4.69) is 15.9 Å². The SMILES string of the molecule is BrC1COCC1OCCOC1CCCC1. The molecular weight excluding hydrogens is 260 g/mol. The van der Waals surface area contributed by atoms with Crippen LogP contribution in [0, 0.1) is 0 Å². The highest BCUT2D eigenvalue weighted by atomic mass is 79.9. The Morgan fingerprint density at radius 2 is 1.80 bits per heavy atom. The molecule has 2 atom stereocenters. The maximum atomic E-state index is 5.72. The summed E-state index contributed by atoms with van der Waals surface area (Å²) in [5.74, 6) is 0. The van der Waals surface area contributed by atoms with Gasteiger partial charge in [-0.15, -0.1) is 0 Å². The minimum absolute atomic E-state index is 0.206. The summed E-state index contributed by atoms with van der Waals surface area (Å²) >= 11 is 3.53. The van der Waals surface area contributed by atoms with Gasteiger partial charge < -0.3 is 14.2 Å². The van der Waals surface area contributed by atoms with Crippen molar-refractivity contribution in [2.75, 3.05) is 26.4 Å². The molecule has 0 radical (unpaired) electrons. The Bertz CT molecular complexity index is 183. The summed E-state index contributed by atoms with van der Waals surface area (Å²) < 4.78 is 16.7. The van der Waals surface area contributed by atoms with E-state index in [9.17, 15) is 0 Å². The second-order valence-corrected chi connectivity index (χ2v) is 5.42. The molecule has 1 heterocycles. The summed E-state index contributed by atoms with van der Waals surface area (Å²) in [6.07, 6.45) is 5.81. The molecule has 1 saturated heterocycles. The van der Waals surface area contributed by atoms with Crippen LogP contribution in [0.25, 0.3) is 0 Å². The van der Waals surface area contributed by atoms with Crippen LogP contribution >= 0.6 is 15.9 Å². The van der Waals surface area contributed by atoms with E-state index >= 15 is 0 Å². The molecule has 0 amide bonds. The first kappa shape index (κ1) is 11.8. The molecule has 0 bridgehead atoms. The molecule has 1 saturated carbocycles. The van der Waals surface area contributed by atoms with Crippen molar-refractivity contribution in [3.63, 3.8) is 0 Å². The number of alkyl halides is 1. The largest absolute Gasteiger partial charge is 0.377 e. The Balaban J connectivity index is 1.51. The number of hydrogen-bond donors (Lipinski definition) is 0. The maximum Gasteiger partial charge on any atom is 0.0956 e. The molecular formula is C11H19BrO3. The molecule has 0 aromatic carbocycles. The monoisotopic (exact) mass is 278 g/mol. The molecule has 3 nitrogen and oxygen atoms in total. The fraction of sp³-hybridized carbons (Fsp3) is 1.00. The van der Waals surface area contributed by atoms with Crippen LogP contribution in [-0.2, 0) is 14.2 Å². The fourth-order valence-electron chi connectivity index (χ4n) is 2.13. The minimum atomic E-state index is 0.206. The van der Waals surface area contributed by atoms with Gasteiger partial charge in [0.2, 0.25) is 0 Å². The molecule has 1 aliphatic heterocycles. The predicted octanol–water partition coefficient (Wildman–Crippen LogP) is 2.12. The molecule has 1 aliphatic carbocycles. The van der Waals surface area contributed by atoms with Crippen molar-refractivity contribution in [3.8, 4) is 0 Å². The van der Waals surface area contributed by atoms with E-state index in [-0.39, 0.29) is 6.10 Å². The van der Waals surface area contributed by atoms with Crippen LogP contribution < -0.4 is 0 Å². The molecule has 15 heavy (non-hydrogen) atoms. The first-order chi connectivity index (χ1) is 7.36. The van der Waals surface area contributed by atoms with E-state index < -0.39 is 0 Å². The highest BCUT2D eigenvalue weighted by Crippen LogP contribution is 2.21. The quantitative estimate of drug-likeness (QED) is 0.570. The Morgan fingerprint density at radius 3 is 2.47 bits per heavy atom. The number of ether oxygens (including phenoxy) is 3. The van der Waals surface area contributed by atoms with Gasteiger partial charge in [0.25, 0.3) is 0 Å². The highest BCUT2D eigenvalue weighted by molar-refractivity contribution is 9.09. The van der Waals surface area contributed by atoms with Crippen molar-refractivity contribution in [2.45, 2.75) is 42.7 Å². The maximum absolute atomic E-state index is 5.72. The molecule has 2 unspecified atom stereocenters. The zero-order valence-corrected chi connectivity index (χ0v) is 10.6. The van der Waals surface area contributed by atoms with Gasteiger partial charge in [-0.3, -0.25) is 0 Å². The molecule has 88 valence electrons. The van der Waals surface area contributed by atoms with Crippen LogP contribution in [0.3, 0.4) is 0 Å². The van der Waals surface area contributed by atoms with Crippen molar-refractivity contribution in [1.29, 1.82) is 0 Å². The standard InChI is InChI=1S/C11H19BrO3/c12-10-7-13-8-11(10)15-6-5-14-9-3-1-2-4-9/h9-11H,1-8H2. The van der Waals surface area contributed by atoms with E-state index in [1.165, 1.54) is 25.7 Å². The van der Waals surface area contributed by atoms with Gasteiger partial charge in [0, 0.05) is 0 Å². The molecule has 0 aromatic rings. The zero-order chi connectivity index (χ0) is 10.5. The van der Waals surface area contributed by atoms with E-state index in [0.717, 1.165) is 13.2 Å². The average molecular weight is 279 g/mol. The first-order valence-corrected chi connectivity index (χ1v) is 6.73. The van der Waals surface area contributed by atoms with Crippen LogP contribution in [0.4, 0.5) is 0 Å². The van der Waals surface area contributed by atoms with E-state index in [0.29, 0.717) is 24.1 Å². The third-order valence-corrected chi connectivity index (χ3v) is 3.89. The Morgan fingerprint density at radius 1 is 1.07 bits per heavy atom. The van der Waals surface area contributed by atoms with Crippen LogP contribution in [0.1, 0.15) is 25.7 Å². The molecule has 4 heteroatoms. The van der Waals surface area contributed by atoms with Gasteiger partial charge in [-0.25, -0.2) is 0 Å². The van der Waals surface area contributed by atoms with Gasteiger partial charge in [-0.05, 0) is 12.8 Å². The van der Waals surface area contributed by atoms with Crippen molar-refractivity contribution in [2.24, 2.45) is 0 Å². The normalized spacial score (nSPS) is 32.6. The number of hydrogen-bond acceptors (Lipinski definition) is 3. The summed E-state index contributed by atoms with van der Waals surface area (Å²) in [5.41, 5.74) is 0. The lowest BCUT2D eigenvalue weighted by atomic mass is 10.3. The lowest BCUT2D eigenvalue weighted by molar-refractivity contribution is -0.0203. The molecule has 2 aliphatic rings. The second kappa shape index (κ2) is 6.18. The van der Waals surface area contributed by atoms with Gasteiger partial charge in [-0.2, -0.15) is 0 Å². The molecule has 0 spiro atoms. The van der Waals surface area contributed by atoms with Crippen molar-refractivity contribution < 1.29 is 14.2 Å². The molecule has 2 rings (SSSR count). The van der Waals surface area contributed by atoms with Gasteiger partial charge in [0.1, 0.15) is 0 Å². The summed E-state index contributed by atoms with van der Waals surface area (Å²) in [6, 6.07) is 0. The molecule has 0 aromatic heterocycles. The first-order valence-electron chi connectivity index (χ1n) is 5.81. The van der Waals surface area contributed by atoms with Crippen LogP contribution in [0.5, 0.6) is 0 Å². The molecule has 0 N–H and O–H groups in total.